The van der Waals surface area contributed by atoms with E-state index in [2.05, 4.69) is 0 Å². The fraction of sp³-hybridized carbons (Fsp3) is 0.571. The summed E-state index contributed by atoms with van der Waals surface area (Å²) in [5, 5.41) is 0. The Hall–Kier alpha value is -0.458. The van der Waals surface area contributed by atoms with Crippen LogP contribution in [0.5, 0.6) is 0 Å². The maximum Gasteiger partial charge on any atom is 0.147 e. The smallest absolute Gasteiger partial charge is 0.147 e. The van der Waals surface area contributed by atoms with Crippen molar-refractivity contribution in [1.82, 2.24) is 0 Å². The molecule has 0 atom stereocenters. The van der Waals surface area contributed by atoms with Gasteiger partial charge in [0.2, 0.25) is 0 Å². The minimum atomic E-state index is -1.03. The summed E-state index contributed by atoms with van der Waals surface area (Å²) in [7, 11) is 0. The molecule has 0 spiro atoms. The molecule has 0 bridgehead atoms. The molecular formula is C7H10CrO3. The Morgan fingerprint density at radius 1 is 0.818 bits per heavy atom. The largest absolute Gasteiger partial charge is 0.299 e. The summed E-state index contributed by atoms with van der Waals surface area (Å²) in [6.45, 7) is 3.73. The van der Waals surface area contributed by atoms with E-state index in [9.17, 15) is 14.4 Å². The van der Waals surface area contributed by atoms with E-state index in [1.54, 1.807) is 0 Å². The van der Waals surface area contributed by atoms with Gasteiger partial charge in [0.15, 0.2) is 0 Å². The Labute approximate surface area is 76.3 Å². The molecule has 4 heteroatoms. The van der Waals surface area contributed by atoms with Crippen LogP contribution in [0.4, 0.5) is 0 Å². The SMILES string of the molecule is CC(=O)C(C(C)=O)C(C)=O.[Cr]. The summed E-state index contributed by atoms with van der Waals surface area (Å²) in [4.78, 5) is 31.8. The van der Waals surface area contributed by atoms with Crippen LogP contribution in [0.1, 0.15) is 20.8 Å². The molecule has 0 aromatic heterocycles. The summed E-state index contributed by atoms with van der Waals surface area (Å²) in [5.74, 6) is -2.15. The molecule has 0 aliphatic heterocycles. The standard InChI is InChI=1S/C7H10O3.Cr/c1-4(8)7(5(2)9)6(3)10;/h7H,1-3H3;. The second kappa shape index (κ2) is 5.23. The van der Waals surface area contributed by atoms with Crippen LogP contribution < -0.4 is 0 Å². The van der Waals surface area contributed by atoms with Gasteiger partial charge in [0.1, 0.15) is 23.3 Å². The number of Topliss-reactive ketones (excluding diaryl/α,β-unsaturated/α-hetero) is 3. The van der Waals surface area contributed by atoms with Crippen LogP contribution in [0.15, 0.2) is 0 Å². The van der Waals surface area contributed by atoms with Crippen molar-refractivity contribution in [2.45, 2.75) is 20.8 Å². The molecular weight excluding hydrogens is 184 g/mol. The molecule has 0 rings (SSSR count). The molecule has 0 aromatic carbocycles. The third-order valence-corrected chi connectivity index (χ3v) is 1.22. The molecule has 11 heavy (non-hydrogen) atoms. The number of hydrogen-bond acceptors (Lipinski definition) is 3. The van der Waals surface area contributed by atoms with Gasteiger partial charge in [-0.15, -0.1) is 0 Å². The third-order valence-electron chi connectivity index (χ3n) is 1.22. The van der Waals surface area contributed by atoms with Gasteiger partial charge in [0.25, 0.3) is 0 Å². The number of rotatable bonds is 3. The van der Waals surface area contributed by atoms with Gasteiger partial charge in [-0.25, -0.2) is 0 Å². The maximum atomic E-state index is 10.6. The zero-order chi connectivity index (χ0) is 8.31. The van der Waals surface area contributed by atoms with Gasteiger partial charge in [0.05, 0.1) is 0 Å². The van der Waals surface area contributed by atoms with Crippen molar-refractivity contribution in [1.29, 1.82) is 0 Å². The fourth-order valence-electron chi connectivity index (χ4n) is 0.859. The van der Waals surface area contributed by atoms with E-state index in [-0.39, 0.29) is 34.7 Å². The fourth-order valence-corrected chi connectivity index (χ4v) is 0.859. The van der Waals surface area contributed by atoms with Gasteiger partial charge >= 0.3 is 0 Å². The van der Waals surface area contributed by atoms with Gasteiger partial charge in [-0.2, -0.15) is 0 Å². The summed E-state index contributed by atoms with van der Waals surface area (Å²) < 4.78 is 0. The van der Waals surface area contributed by atoms with Crippen LogP contribution in [-0.4, -0.2) is 17.3 Å². The first kappa shape index (κ1) is 13.2. The second-order valence-corrected chi connectivity index (χ2v) is 2.26. The maximum absolute atomic E-state index is 10.6. The minimum absolute atomic E-state index is 0. The molecule has 0 aromatic rings. The van der Waals surface area contributed by atoms with E-state index in [4.69, 9.17) is 0 Å². The molecule has 3 nitrogen and oxygen atoms in total. The van der Waals surface area contributed by atoms with Gasteiger partial charge in [-0.3, -0.25) is 14.4 Å². The zero-order valence-corrected chi connectivity index (χ0v) is 7.99. The quantitative estimate of drug-likeness (QED) is 0.610. The van der Waals surface area contributed by atoms with Crippen molar-refractivity contribution < 1.29 is 31.7 Å². The Morgan fingerprint density at radius 3 is 1.00 bits per heavy atom. The van der Waals surface area contributed by atoms with E-state index in [0.29, 0.717) is 0 Å². The topological polar surface area (TPSA) is 51.2 Å². The summed E-state index contributed by atoms with van der Waals surface area (Å²) in [6.07, 6.45) is 0. The van der Waals surface area contributed by atoms with Crippen molar-refractivity contribution in [3.63, 3.8) is 0 Å². The first-order valence-electron chi connectivity index (χ1n) is 2.98. The third kappa shape index (κ3) is 4.07. The molecule has 0 unspecified atom stereocenters. The van der Waals surface area contributed by atoms with Crippen LogP contribution >= 0.6 is 0 Å². The summed E-state index contributed by atoms with van der Waals surface area (Å²) in [5.41, 5.74) is 0. The molecule has 0 heterocycles. The molecule has 0 aliphatic carbocycles. The Bertz CT molecular complexity index is 153. The Morgan fingerprint density at radius 2 is 1.00 bits per heavy atom. The number of hydrogen-bond donors (Lipinski definition) is 0. The number of carbonyl (C=O) groups excluding carboxylic acids is 3. The Balaban J connectivity index is 0. The predicted octanol–water partition coefficient (Wildman–Crippen LogP) is 0.367. The average Bonchev–Trinajstić information content (AvgIpc) is 1.59. The monoisotopic (exact) mass is 194 g/mol. The predicted molar refractivity (Wildman–Crippen MR) is 35.5 cm³/mol. The van der Waals surface area contributed by atoms with E-state index < -0.39 is 5.92 Å². The van der Waals surface area contributed by atoms with Gasteiger partial charge in [-0.1, -0.05) is 0 Å². The van der Waals surface area contributed by atoms with Gasteiger partial charge in [-0.05, 0) is 20.8 Å². The van der Waals surface area contributed by atoms with E-state index in [0.717, 1.165) is 0 Å². The van der Waals surface area contributed by atoms with Crippen LogP contribution in [-0.2, 0) is 31.7 Å². The first-order chi connectivity index (χ1) is 4.46. The van der Waals surface area contributed by atoms with Crippen LogP contribution in [0.3, 0.4) is 0 Å². The van der Waals surface area contributed by atoms with E-state index >= 15 is 0 Å². The normalized spacial score (nSPS) is 8.73. The number of ketones is 3. The molecule has 0 fully saturated rings. The average molecular weight is 194 g/mol. The molecule has 0 amide bonds. The van der Waals surface area contributed by atoms with Crippen molar-refractivity contribution in [3.05, 3.63) is 0 Å². The van der Waals surface area contributed by atoms with E-state index in [1.165, 1.54) is 20.8 Å². The molecule has 0 aliphatic rings. The number of carbonyl (C=O) groups is 3. The van der Waals surface area contributed by atoms with Crippen molar-refractivity contribution in [3.8, 4) is 0 Å². The molecule has 0 saturated heterocycles. The van der Waals surface area contributed by atoms with Gasteiger partial charge in [0, 0.05) is 17.4 Å². The molecule has 0 radical (unpaired) electrons. The van der Waals surface area contributed by atoms with Crippen LogP contribution in [0.2, 0.25) is 0 Å². The van der Waals surface area contributed by atoms with Crippen molar-refractivity contribution >= 4 is 17.3 Å². The minimum Gasteiger partial charge on any atom is -0.299 e. The first-order valence-corrected chi connectivity index (χ1v) is 2.98. The molecule has 0 saturated carbocycles. The second-order valence-electron chi connectivity index (χ2n) is 2.26. The molecule has 62 valence electrons. The zero-order valence-electron chi connectivity index (χ0n) is 6.71. The van der Waals surface area contributed by atoms with E-state index in [1.807, 2.05) is 0 Å². The summed E-state index contributed by atoms with van der Waals surface area (Å²) >= 11 is 0. The molecule has 0 N–H and O–H groups in total. The van der Waals surface area contributed by atoms with Crippen molar-refractivity contribution in [2.75, 3.05) is 0 Å². The summed E-state index contributed by atoms with van der Waals surface area (Å²) in [6, 6.07) is 0. The van der Waals surface area contributed by atoms with Crippen LogP contribution in [0, 0.1) is 5.92 Å². The Kier molecular flexibility index (Phi) is 6.25. The van der Waals surface area contributed by atoms with Crippen molar-refractivity contribution in [2.24, 2.45) is 5.92 Å². The van der Waals surface area contributed by atoms with Crippen LogP contribution in [0.25, 0.3) is 0 Å². The van der Waals surface area contributed by atoms with Gasteiger partial charge < -0.3 is 0 Å².